The molecule has 0 saturated heterocycles. The van der Waals surface area contributed by atoms with Crippen LogP contribution in [0.25, 0.3) is 10.8 Å². The molecule has 4 rings (SSSR count). The molecule has 0 atom stereocenters. The summed E-state index contributed by atoms with van der Waals surface area (Å²) in [5.41, 5.74) is 1.96. The Morgan fingerprint density at radius 1 is 1.08 bits per heavy atom. The molecule has 0 fully saturated rings. The molecule has 0 bridgehead atoms. The summed E-state index contributed by atoms with van der Waals surface area (Å²) in [5, 5.41) is 16.7. The molecular formula is C17H14N4O2S. The molecule has 1 aliphatic heterocycles. The van der Waals surface area contributed by atoms with Crippen molar-refractivity contribution in [2.45, 2.75) is 6.54 Å². The molecule has 0 spiro atoms. The number of anilines is 1. The molecule has 0 amide bonds. The fourth-order valence-corrected chi connectivity index (χ4v) is 2.72. The lowest BCUT2D eigenvalue weighted by molar-refractivity contribution is 0.174. The summed E-state index contributed by atoms with van der Waals surface area (Å²) in [6, 6.07) is 11.7. The van der Waals surface area contributed by atoms with Gasteiger partial charge in [0, 0.05) is 23.0 Å². The van der Waals surface area contributed by atoms with Crippen molar-refractivity contribution in [3.8, 4) is 11.5 Å². The number of aromatic nitrogens is 2. The van der Waals surface area contributed by atoms with E-state index in [2.05, 4.69) is 20.8 Å². The van der Waals surface area contributed by atoms with Gasteiger partial charge in [0.25, 0.3) is 0 Å². The first-order valence-electron chi connectivity index (χ1n) is 7.42. The SMILES string of the molecule is S=C(NCc1ccc2c(c1)OCO2)Nc1cccc2cnncc12. The van der Waals surface area contributed by atoms with E-state index in [0.29, 0.717) is 11.7 Å². The van der Waals surface area contributed by atoms with E-state index in [-0.39, 0.29) is 6.79 Å². The lowest BCUT2D eigenvalue weighted by Gasteiger charge is -2.12. The summed E-state index contributed by atoms with van der Waals surface area (Å²) in [5.74, 6) is 1.54. The van der Waals surface area contributed by atoms with Gasteiger partial charge in [-0.05, 0) is 36.0 Å². The van der Waals surface area contributed by atoms with Gasteiger partial charge in [-0.3, -0.25) is 0 Å². The molecule has 1 aromatic heterocycles. The van der Waals surface area contributed by atoms with Crippen LogP contribution in [0.15, 0.2) is 48.8 Å². The Hall–Kier alpha value is -2.93. The molecule has 1 aliphatic rings. The molecule has 0 saturated carbocycles. The van der Waals surface area contributed by atoms with Crippen LogP contribution in [0.3, 0.4) is 0 Å². The molecule has 2 aromatic carbocycles. The molecule has 2 heterocycles. The van der Waals surface area contributed by atoms with Crippen molar-refractivity contribution in [3.63, 3.8) is 0 Å². The number of fused-ring (bicyclic) bond motifs is 2. The third-order valence-electron chi connectivity index (χ3n) is 3.73. The molecule has 2 N–H and O–H groups in total. The van der Waals surface area contributed by atoms with Gasteiger partial charge in [-0.2, -0.15) is 10.2 Å². The number of nitrogens with one attached hydrogen (secondary N) is 2. The standard InChI is InChI=1S/C17H14N4O2S/c24-17(18-7-11-4-5-15-16(6-11)23-10-22-15)21-14-3-1-2-12-8-19-20-9-13(12)14/h1-6,8-9H,7,10H2,(H2,18,21,24). The molecule has 120 valence electrons. The average Bonchev–Trinajstić information content (AvgIpc) is 3.08. The monoisotopic (exact) mass is 338 g/mol. The summed E-state index contributed by atoms with van der Waals surface area (Å²) in [7, 11) is 0. The van der Waals surface area contributed by atoms with Crippen molar-refractivity contribution in [3.05, 3.63) is 54.4 Å². The second kappa shape index (κ2) is 6.29. The van der Waals surface area contributed by atoms with Gasteiger partial charge in [-0.25, -0.2) is 0 Å². The normalized spacial score (nSPS) is 12.2. The van der Waals surface area contributed by atoms with Crippen LogP contribution in [0.5, 0.6) is 11.5 Å². The van der Waals surface area contributed by atoms with Crippen LogP contribution >= 0.6 is 12.2 Å². The lowest BCUT2D eigenvalue weighted by Crippen LogP contribution is -2.27. The summed E-state index contributed by atoms with van der Waals surface area (Å²) in [6.07, 6.45) is 3.45. The highest BCUT2D eigenvalue weighted by atomic mass is 32.1. The van der Waals surface area contributed by atoms with E-state index in [1.54, 1.807) is 12.4 Å². The Kier molecular flexibility index (Phi) is 3.84. The maximum absolute atomic E-state index is 5.38. The third-order valence-corrected chi connectivity index (χ3v) is 3.97. The third kappa shape index (κ3) is 2.93. The number of thiocarbonyl (C=S) groups is 1. The van der Waals surface area contributed by atoms with Crippen LogP contribution in [0.2, 0.25) is 0 Å². The highest BCUT2D eigenvalue weighted by Gasteiger charge is 2.13. The van der Waals surface area contributed by atoms with E-state index in [4.69, 9.17) is 21.7 Å². The van der Waals surface area contributed by atoms with Crippen molar-refractivity contribution in [1.82, 2.24) is 15.5 Å². The molecule has 6 nitrogen and oxygen atoms in total. The number of nitrogens with zero attached hydrogens (tertiary/aromatic N) is 2. The fourth-order valence-electron chi connectivity index (χ4n) is 2.54. The minimum absolute atomic E-state index is 0.274. The Morgan fingerprint density at radius 3 is 2.92 bits per heavy atom. The number of ether oxygens (including phenoxy) is 2. The Balaban J connectivity index is 1.43. The number of hydrogen-bond acceptors (Lipinski definition) is 5. The van der Waals surface area contributed by atoms with Gasteiger partial charge in [0.15, 0.2) is 16.6 Å². The van der Waals surface area contributed by atoms with Crippen LogP contribution in [0.4, 0.5) is 5.69 Å². The van der Waals surface area contributed by atoms with Crippen LogP contribution < -0.4 is 20.1 Å². The van der Waals surface area contributed by atoms with E-state index < -0.39 is 0 Å². The lowest BCUT2D eigenvalue weighted by atomic mass is 10.1. The zero-order valence-corrected chi connectivity index (χ0v) is 13.5. The molecule has 0 aliphatic carbocycles. The van der Waals surface area contributed by atoms with Gasteiger partial charge in [0.1, 0.15) is 0 Å². The molecule has 3 aromatic rings. The first-order valence-corrected chi connectivity index (χ1v) is 7.83. The van der Waals surface area contributed by atoms with E-state index >= 15 is 0 Å². The zero-order chi connectivity index (χ0) is 16.4. The minimum Gasteiger partial charge on any atom is -0.454 e. The predicted octanol–water partition coefficient (Wildman–Crippen LogP) is 2.85. The van der Waals surface area contributed by atoms with Crippen molar-refractivity contribution >= 4 is 33.8 Å². The van der Waals surface area contributed by atoms with Crippen molar-refractivity contribution in [1.29, 1.82) is 0 Å². The Morgan fingerprint density at radius 2 is 1.96 bits per heavy atom. The van der Waals surface area contributed by atoms with Gasteiger partial charge in [0.2, 0.25) is 6.79 Å². The van der Waals surface area contributed by atoms with E-state index in [0.717, 1.165) is 33.5 Å². The maximum atomic E-state index is 5.38. The predicted molar refractivity (Wildman–Crippen MR) is 95.2 cm³/mol. The summed E-state index contributed by atoms with van der Waals surface area (Å²) in [6.45, 7) is 0.864. The quantitative estimate of drug-likeness (QED) is 0.712. The van der Waals surface area contributed by atoms with Crippen molar-refractivity contribution < 1.29 is 9.47 Å². The first-order chi connectivity index (χ1) is 11.8. The maximum Gasteiger partial charge on any atom is 0.231 e. The summed E-state index contributed by atoms with van der Waals surface area (Å²) < 4.78 is 10.7. The number of hydrogen-bond donors (Lipinski definition) is 2. The topological polar surface area (TPSA) is 68.3 Å². The highest BCUT2D eigenvalue weighted by molar-refractivity contribution is 7.80. The fraction of sp³-hybridized carbons (Fsp3) is 0.118. The summed E-state index contributed by atoms with van der Waals surface area (Å²) >= 11 is 5.38. The highest BCUT2D eigenvalue weighted by Crippen LogP contribution is 2.32. The molecular weight excluding hydrogens is 324 g/mol. The van der Waals surface area contributed by atoms with Crippen LogP contribution in [0.1, 0.15) is 5.56 Å². The van der Waals surface area contributed by atoms with Crippen molar-refractivity contribution in [2.24, 2.45) is 0 Å². The molecule has 7 heteroatoms. The average molecular weight is 338 g/mol. The van der Waals surface area contributed by atoms with Gasteiger partial charge in [0.05, 0.1) is 12.4 Å². The van der Waals surface area contributed by atoms with E-state index in [1.807, 2.05) is 36.4 Å². The minimum atomic E-state index is 0.274. The largest absolute Gasteiger partial charge is 0.454 e. The number of rotatable bonds is 3. The first kappa shape index (κ1) is 14.6. The zero-order valence-electron chi connectivity index (χ0n) is 12.7. The molecule has 0 radical (unpaired) electrons. The smallest absolute Gasteiger partial charge is 0.231 e. The number of benzene rings is 2. The van der Waals surface area contributed by atoms with Crippen LogP contribution in [-0.4, -0.2) is 22.1 Å². The van der Waals surface area contributed by atoms with Crippen LogP contribution in [-0.2, 0) is 6.54 Å². The second-order valence-electron chi connectivity index (χ2n) is 5.29. The molecule has 24 heavy (non-hydrogen) atoms. The van der Waals surface area contributed by atoms with Crippen molar-refractivity contribution in [2.75, 3.05) is 12.1 Å². The summed E-state index contributed by atoms with van der Waals surface area (Å²) in [4.78, 5) is 0. The molecule has 0 unspecified atom stereocenters. The van der Waals surface area contributed by atoms with Gasteiger partial charge in [-0.15, -0.1) is 0 Å². The van der Waals surface area contributed by atoms with Gasteiger partial charge < -0.3 is 20.1 Å². The Bertz CT molecular complexity index is 911. The van der Waals surface area contributed by atoms with E-state index in [9.17, 15) is 0 Å². The van der Waals surface area contributed by atoms with E-state index in [1.165, 1.54) is 0 Å². The van der Waals surface area contributed by atoms with Crippen LogP contribution in [0, 0.1) is 0 Å². The second-order valence-corrected chi connectivity index (χ2v) is 5.70. The Labute approximate surface area is 143 Å². The van der Waals surface area contributed by atoms with Gasteiger partial charge >= 0.3 is 0 Å². The van der Waals surface area contributed by atoms with Gasteiger partial charge in [-0.1, -0.05) is 18.2 Å².